The van der Waals surface area contributed by atoms with Crippen LogP contribution >= 0.6 is 34.8 Å². The average Bonchev–Trinajstić information content (AvgIpc) is 2.80. The van der Waals surface area contributed by atoms with Crippen molar-refractivity contribution in [2.24, 2.45) is 0 Å². The van der Waals surface area contributed by atoms with Crippen LogP contribution in [-0.4, -0.2) is 34.8 Å². The van der Waals surface area contributed by atoms with Crippen molar-refractivity contribution in [1.82, 2.24) is 0 Å². The van der Waals surface area contributed by atoms with Gasteiger partial charge in [0.15, 0.2) is 0 Å². The molecule has 10 heteroatoms. The Morgan fingerprint density at radius 3 is 1.78 bits per heavy atom. The van der Waals surface area contributed by atoms with E-state index in [4.69, 9.17) is 50.0 Å². The molecule has 4 N–H and O–H groups in total. The van der Waals surface area contributed by atoms with E-state index in [1.54, 1.807) is 56.7 Å². The van der Waals surface area contributed by atoms with Gasteiger partial charge in [-0.1, -0.05) is 23.2 Å². The van der Waals surface area contributed by atoms with E-state index in [2.05, 4.69) is 10.6 Å². The van der Waals surface area contributed by atoms with Crippen molar-refractivity contribution in [3.05, 3.63) is 81.8 Å². The largest absolute Gasteiger partial charge is 0.399 e. The Hall–Kier alpha value is -2.29. The number of nitrogens with one attached hydrogen (secondary N) is 2. The molecule has 3 aromatic carbocycles. The zero-order valence-corrected chi connectivity index (χ0v) is 20.0. The molecule has 0 spiro atoms. The molecule has 6 nitrogen and oxygen atoms in total. The second-order valence-electron chi connectivity index (χ2n) is 6.13. The molecule has 0 atom stereocenters. The second-order valence-corrected chi connectivity index (χ2v) is 7.44. The van der Waals surface area contributed by atoms with Crippen LogP contribution in [0.5, 0.6) is 0 Å². The normalized spacial score (nSPS) is 9.41. The molecule has 3 rings (SSSR count). The fourth-order valence-corrected chi connectivity index (χ4v) is 2.56. The van der Waals surface area contributed by atoms with Crippen LogP contribution in [0.1, 0.15) is 0 Å². The molecule has 0 aliphatic carbocycles. The SMILES string of the molecule is COCNc1ccc(Cl)cc1.COCNc1ccc(Cl)cc1B=O.Nc1ccc(Cl)cc1. The molecule has 32 heavy (non-hydrogen) atoms. The standard InChI is InChI=1S/C8H9BClNO2.C8H10ClNO.C6H6ClN/c1-13-5-11-8-3-2-6(10)4-7(8)9-12;1-11-6-10-8-4-2-7(9)3-5-8;7-5-1-3-6(8)4-2-5/h2-4,11H,5H2,1H3;2-5,10H,6H2,1H3;1-4H,8H2. The summed E-state index contributed by atoms with van der Waals surface area (Å²) in [5.41, 5.74) is 8.38. The van der Waals surface area contributed by atoms with Gasteiger partial charge in [-0.3, -0.25) is 0 Å². The minimum absolute atomic E-state index is 0.364. The van der Waals surface area contributed by atoms with Gasteiger partial charge in [-0.05, 0) is 48.5 Å². The maximum atomic E-state index is 10.6. The summed E-state index contributed by atoms with van der Waals surface area (Å²) in [5.74, 6) is 0. The Labute approximate surface area is 204 Å². The van der Waals surface area contributed by atoms with Crippen molar-refractivity contribution in [2.75, 3.05) is 44.0 Å². The van der Waals surface area contributed by atoms with Crippen molar-refractivity contribution in [1.29, 1.82) is 0 Å². The average molecular weight is 497 g/mol. The Morgan fingerprint density at radius 2 is 1.28 bits per heavy atom. The van der Waals surface area contributed by atoms with E-state index in [0.29, 0.717) is 23.9 Å². The number of benzene rings is 3. The van der Waals surface area contributed by atoms with E-state index in [-0.39, 0.29) is 0 Å². The predicted molar refractivity (Wildman–Crippen MR) is 136 cm³/mol. The van der Waals surface area contributed by atoms with Crippen LogP contribution in [0.15, 0.2) is 66.7 Å². The number of nitrogen functional groups attached to an aromatic ring is 1. The zero-order valence-electron chi connectivity index (χ0n) is 17.8. The fraction of sp³-hybridized carbons (Fsp3) is 0.182. The molecule has 3 aromatic rings. The topological polar surface area (TPSA) is 85.6 Å². The third kappa shape index (κ3) is 11.9. The van der Waals surface area contributed by atoms with Gasteiger partial charge in [-0.25, -0.2) is 0 Å². The molecule has 0 saturated heterocycles. The number of nitrogens with two attached hydrogens (primary N) is 1. The first-order valence-electron chi connectivity index (χ1n) is 9.36. The summed E-state index contributed by atoms with van der Waals surface area (Å²) in [6, 6.07) is 19.6. The zero-order chi connectivity index (χ0) is 23.8. The number of methoxy groups -OCH3 is 2. The van der Waals surface area contributed by atoms with E-state index >= 15 is 0 Å². The molecule has 0 aromatic heterocycles. The summed E-state index contributed by atoms with van der Waals surface area (Å²) in [4.78, 5) is 0. The minimum atomic E-state index is 0.364. The van der Waals surface area contributed by atoms with E-state index in [1.807, 2.05) is 24.3 Å². The van der Waals surface area contributed by atoms with Gasteiger partial charge in [0.25, 0.3) is 0 Å². The maximum absolute atomic E-state index is 10.6. The van der Waals surface area contributed by atoms with Crippen LogP contribution in [0.3, 0.4) is 0 Å². The van der Waals surface area contributed by atoms with E-state index in [9.17, 15) is 4.70 Å². The van der Waals surface area contributed by atoms with Crippen LogP contribution in [-0.2, 0) is 14.2 Å². The molecular formula is C22H25BCl3N3O3. The smallest absolute Gasteiger partial charge is 0.0407 e. The summed E-state index contributed by atoms with van der Waals surface area (Å²) >= 11 is 17.0. The van der Waals surface area contributed by atoms with Crippen LogP contribution in [0.2, 0.25) is 15.1 Å². The Balaban J connectivity index is 0.000000247. The molecular weight excluding hydrogens is 471 g/mol. The van der Waals surface area contributed by atoms with Crippen molar-refractivity contribution < 1.29 is 14.2 Å². The van der Waals surface area contributed by atoms with Crippen molar-refractivity contribution >= 4 is 64.5 Å². The van der Waals surface area contributed by atoms with Gasteiger partial charge in [0.1, 0.15) is 6.73 Å². The van der Waals surface area contributed by atoms with E-state index in [0.717, 1.165) is 34.3 Å². The van der Waals surface area contributed by atoms with E-state index < -0.39 is 0 Å². The van der Waals surface area contributed by atoms with Gasteiger partial charge < -0.3 is 15.8 Å². The maximum Gasteiger partial charge on any atom is 0.0407 e. The summed E-state index contributed by atoms with van der Waals surface area (Å²) in [7, 11) is 3.97. The van der Waals surface area contributed by atoms with Crippen LogP contribution < -0.4 is 21.8 Å². The molecule has 0 unspecified atom stereocenters. The number of rotatable bonds is 7. The monoisotopic (exact) mass is 495 g/mol. The Kier molecular flexibility index (Phi) is 14.2. The molecule has 0 amide bonds. The minimum Gasteiger partial charge on any atom is -0.399 e. The van der Waals surface area contributed by atoms with Gasteiger partial charge >= 0.3 is 81.7 Å². The molecule has 170 valence electrons. The number of hydrogen-bond acceptors (Lipinski definition) is 6. The first kappa shape index (κ1) is 27.7. The van der Waals surface area contributed by atoms with Crippen molar-refractivity contribution in [3.8, 4) is 0 Å². The molecule has 0 heterocycles. The quantitative estimate of drug-likeness (QED) is 0.234. The summed E-state index contributed by atoms with van der Waals surface area (Å²) < 4.78 is 20.3. The molecule has 0 radical (unpaired) electrons. The first-order valence-corrected chi connectivity index (χ1v) is 10.5. The van der Waals surface area contributed by atoms with Crippen LogP contribution in [0.4, 0.5) is 17.1 Å². The van der Waals surface area contributed by atoms with Crippen LogP contribution in [0, 0.1) is 0 Å². The van der Waals surface area contributed by atoms with Gasteiger partial charge in [0, 0.05) is 28.5 Å². The van der Waals surface area contributed by atoms with Gasteiger partial charge in [0.05, 0.1) is 0 Å². The van der Waals surface area contributed by atoms with Gasteiger partial charge in [-0.15, -0.1) is 0 Å². The Morgan fingerprint density at radius 1 is 0.781 bits per heavy atom. The molecule has 0 bridgehead atoms. The van der Waals surface area contributed by atoms with Crippen LogP contribution in [0.25, 0.3) is 0 Å². The molecule has 0 saturated carbocycles. The number of hydrogen-bond donors (Lipinski definition) is 3. The number of halogens is 3. The fourth-order valence-electron chi connectivity index (χ4n) is 2.13. The third-order valence-corrected chi connectivity index (χ3v) is 4.42. The second kappa shape index (κ2) is 16.4. The third-order valence-electron chi connectivity index (χ3n) is 3.68. The predicted octanol–water partition coefficient (Wildman–Crippen LogP) is 5.31. The van der Waals surface area contributed by atoms with Gasteiger partial charge in [-0.2, -0.15) is 0 Å². The Bertz CT molecular complexity index is 909. The number of anilines is 3. The summed E-state index contributed by atoms with van der Waals surface area (Å²) in [6.07, 6.45) is 0. The summed E-state index contributed by atoms with van der Waals surface area (Å²) in [5, 5.41) is 7.98. The molecule has 0 aliphatic rings. The number of ether oxygens (including phenoxy) is 2. The first-order chi connectivity index (χ1) is 15.4. The van der Waals surface area contributed by atoms with Gasteiger partial charge in [0.2, 0.25) is 0 Å². The molecule has 0 fully saturated rings. The van der Waals surface area contributed by atoms with Crippen molar-refractivity contribution in [3.63, 3.8) is 0 Å². The summed E-state index contributed by atoms with van der Waals surface area (Å²) in [6.45, 7) is 0.879. The van der Waals surface area contributed by atoms with E-state index in [1.165, 1.54) is 0 Å². The molecule has 0 aliphatic heterocycles. The van der Waals surface area contributed by atoms with Crippen molar-refractivity contribution in [2.45, 2.75) is 0 Å².